The van der Waals surface area contributed by atoms with Gasteiger partial charge >= 0.3 is 0 Å². The summed E-state index contributed by atoms with van der Waals surface area (Å²) in [5, 5.41) is 6.37. The summed E-state index contributed by atoms with van der Waals surface area (Å²) in [6, 6.07) is 15.5. The summed E-state index contributed by atoms with van der Waals surface area (Å²) in [5.41, 5.74) is 2.07. The minimum Gasteiger partial charge on any atom is -0.347 e. The molecule has 6 heteroatoms. The zero-order valence-electron chi connectivity index (χ0n) is 15.0. The molecule has 0 radical (unpaired) electrons. The Morgan fingerprint density at radius 3 is 2.58 bits per heavy atom. The largest absolute Gasteiger partial charge is 0.347 e. The number of rotatable bonds is 4. The Balaban J connectivity index is 1.69. The Kier molecular flexibility index (Phi) is 5.04. The molecule has 0 atom stereocenters. The van der Waals surface area contributed by atoms with Gasteiger partial charge in [-0.05, 0) is 24.3 Å². The van der Waals surface area contributed by atoms with Crippen molar-refractivity contribution < 1.29 is 9.59 Å². The van der Waals surface area contributed by atoms with Crippen molar-refractivity contribution in [1.29, 1.82) is 0 Å². The predicted molar refractivity (Wildman–Crippen MR) is 106 cm³/mol. The smallest absolute Gasteiger partial charge is 0.243 e. The normalized spacial score (nSPS) is 11.3. The highest BCUT2D eigenvalue weighted by Crippen LogP contribution is 2.31. The first-order valence-corrected chi connectivity index (χ1v) is 9.19. The quantitative estimate of drug-likeness (QED) is 0.730. The summed E-state index contributed by atoms with van der Waals surface area (Å²) in [6.45, 7) is 5.37. The second-order valence-electron chi connectivity index (χ2n) is 7.05. The van der Waals surface area contributed by atoms with E-state index in [9.17, 15) is 9.59 Å². The van der Waals surface area contributed by atoms with Crippen LogP contribution in [-0.2, 0) is 9.59 Å². The van der Waals surface area contributed by atoms with Crippen LogP contribution in [-0.4, -0.2) is 23.3 Å². The third kappa shape index (κ3) is 4.26. The van der Waals surface area contributed by atoms with Crippen molar-refractivity contribution in [3.8, 4) is 10.6 Å². The second kappa shape index (κ2) is 7.25. The van der Waals surface area contributed by atoms with Crippen molar-refractivity contribution in [2.45, 2.75) is 20.8 Å². The SMILES string of the molecule is CC(C)(C)C(=O)NCC(=O)Nc1cccc(-c2nc3ccccc3s2)c1. The van der Waals surface area contributed by atoms with Gasteiger partial charge in [0.15, 0.2) is 0 Å². The standard InChI is InChI=1S/C20H21N3O2S/c1-20(2,3)19(25)21-12-17(24)22-14-8-6-7-13(11-14)18-23-15-9-4-5-10-16(15)26-18/h4-11H,12H2,1-3H3,(H,21,25)(H,22,24). The fraction of sp³-hybridized carbons (Fsp3) is 0.250. The van der Waals surface area contributed by atoms with Crippen molar-refractivity contribution >= 4 is 39.1 Å². The fourth-order valence-corrected chi connectivity index (χ4v) is 3.32. The van der Waals surface area contributed by atoms with Crippen LogP contribution < -0.4 is 10.6 Å². The summed E-state index contributed by atoms with van der Waals surface area (Å²) in [7, 11) is 0. The van der Waals surface area contributed by atoms with E-state index in [0.717, 1.165) is 20.8 Å². The number of carbonyl (C=O) groups excluding carboxylic acids is 2. The Morgan fingerprint density at radius 2 is 1.85 bits per heavy atom. The number of thiazole rings is 1. The summed E-state index contributed by atoms with van der Waals surface area (Å²) in [6.07, 6.45) is 0. The molecular weight excluding hydrogens is 346 g/mol. The van der Waals surface area contributed by atoms with Gasteiger partial charge in [0.25, 0.3) is 0 Å². The topological polar surface area (TPSA) is 71.1 Å². The molecule has 0 spiro atoms. The minimum absolute atomic E-state index is 0.0541. The second-order valence-corrected chi connectivity index (χ2v) is 8.08. The lowest BCUT2D eigenvalue weighted by molar-refractivity contribution is -0.130. The van der Waals surface area contributed by atoms with Crippen molar-refractivity contribution in [2.75, 3.05) is 11.9 Å². The maximum Gasteiger partial charge on any atom is 0.243 e. The molecular formula is C20H21N3O2S. The average Bonchev–Trinajstić information content (AvgIpc) is 3.03. The van der Waals surface area contributed by atoms with Gasteiger partial charge in [-0.25, -0.2) is 4.98 Å². The number of nitrogens with zero attached hydrogens (tertiary/aromatic N) is 1. The molecule has 0 fully saturated rings. The van der Waals surface area contributed by atoms with Crippen LogP contribution >= 0.6 is 11.3 Å². The average molecular weight is 367 g/mol. The van der Waals surface area contributed by atoms with E-state index in [4.69, 9.17) is 0 Å². The van der Waals surface area contributed by atoms with Crippen molar-refractivity contribution in [1.82, 2.24) is 10.3 Å². The van der Waals surface area contributed by atoms with E-state index in [1.165, 1.54) is 0 Å². The Morgan fingerprint density at radius 1 is 1.08 bits per heavy atom. The molecule has 2 amide bonds. The van der Waals surface area contributed by atoms with Crippen LogP contribution in [0.4, 0.5) is 5.69 Å². The number of fused-ring (bicyclic) bond motifs is 1. The predicted octanol–water partition coefficient (Wildman–Crippen LogP) is 4.06. The van der Waals surface area contributed by atoms with E-state index in [0.29, 0.717) is 5.69 Å². The highest BCUT2D eigenvalue weighted by atomic mass is 32.1. The fourth-order valence-electron chi connectivity index (χ4n) is 2.36. The van der Waals surface area contributed by atoms with E-state index in [1.54, 1.807) is 11.3 Å². The number of carbonyl (C=O) groups is 2. The number of aromatic nitrogens is 1. The van der Waals surface area contributed by atoms with Gasteiger partial charge in [0, 0.05) is 16.7 Å². The highest BCUT2D eigenvalue weighted by Gasteiger charge is 2.21. The molecule has 0 unspecified atom stereocenters. The van der Waals surface area contributed by atoms with Crippen LogP contribution in [0.15, 0.2) is 48.5 Å². The molecule has 5 nitrogen and oxygen atoms in total. The molecule has 0 saturated heterocycles. The van der Waals surface area contributed by atoms with Crippen molar-refractivity contribution in [2.24, 2.45) is 5.41 Å². The van der Waals surface area contributed by atoms with E-state index in [-0.39, 0.29) is 18.4 Å². The van der Waals surface area contributed by atoms with E-state index >= 15 is 0 Å². The number of nitrogens with one attached hydrogen (secondary N) is 2. The first-order chi connectivity index (χ1) is 12.3. The molecule has 0 saturated carbocycles. The number of hydrogen-bond acceptors (Lipinski definition) is 4. The van der Waals surface area contributed by atoms with Gasteiger partial charge in [0.1, 0.15) is 5.01 Å². The monoisotopic (exact) mass is 367 g/mol. The molecule has 0 bridgehead atoms. The zero-order chi connectivity index (χ0) is 18.7. The number of amides is 2. The molecule has 3 aromatic rings. The van der Waals surface area contributed by atoms with Crippen LogP contribution in [0.1, 0.15) is 20.8 Å². The molecule has 2 aromatic carbocycles. The van der Waals surface area contributed by atoms with Gasteiger partial charge in [-0.3, -0.25) is 9.59 Å². The first-order valence-electron chi connectivity index (χ1n) is 8.37. The Labute approximate surface area is 156 Å². The van der Waals surface area contributed by atoms with E-state index < -0.39 is 5.41 Å². The number of hydrogen-bond donors (Lipinski definition) is 2. The van der Waals surface area contributed by atoms with Crippen LogP contribution in [0.5, 0.6) is 0 Å². The molecule has 1 aromatic heterocycles. The third-order valence-corrected chi connectivity index (χ3v) is 4.86. The van der Waals surface area contributed by atoms with Crippen LogP contribution in [0.3, 0.4) is 0 Å². The summed E-state index contributed by atoms with van der Waals surface area (Å²) in [4.78, 5) is 28.6. The maximum absolute atomic E-state index is 12.1. The molecule has 0 aliphatic carbocycles. The summed E-state index contributed by atoms with van der Waals surface area (Å²) < 4.78 is 1.13. The van der Waals surface area contributed by atoms with Gasteiger partial charge in [-0.15, -0.1) is 11.3 Å². The molecule has 2 N–H and O–H groups in total. The Bertz CT molecular complexity index is 924. The molecule has 26 heavy (non-hydrogen) atoms. The van der Waals surface area contributed by atoms with Crippen molar-refractivity contribution in [3.63, 3.8) is 0 Å². The minimum atomic E-state index is -0.521. The third-order valence-electron chi connectivity index (χ3n) is 3.78. The Hall–Kier alpha value is -2.73. The van der Waals surface area contributed by atoms with Crippen LogP contribution in [0.2, 0.25) is 0 Å². The number of para-hydroxylation sites is 1. The van der Waals surface area contributed by atoms with E-state index in [1.807, 2.05) is 69.3 Å². The lowest BCUT2D eigenvalue weighted by Crippen LogP contribution is -2.39. The highest BCUT2D eigenvalue weighted by molar-refractivity contribution is 7.21. The summed E-state index contributed by atoms with van der Waals surface area (Å²) in [5.74, 6) is -0.417. The van der Waals surface area contributed by atoms with Gasteiger partial charge in [-0.1, -0.05) is 45.0 Å². The van der Waals surface area contributed by atoms with Crippen LogP contribution in [0, 0.1) is 5.41 Å². The van der Waals surface area contributed by atoms with Gasteiger partial charge < -0.3 is 10.6 Å². The van der Waals surface area contributed by atoms with Gasteiger partial charge in [0.05, 0.1) is 16.8 Å². The molecule has 134 valence electrons. The lowest BCUT2D eigenvalue weighted by Gasteiger charge is -2.17. The zero-order valence-corrected chi connectivity index (χ0v) is 15.8. The number of benzene rings is 2. The molecule has 0 aliphatic rings. The maximum atomic E-state index is 12.1. The first kappa shape index (κ1) is 18.1. The molecule has 0 aliphatic heterocycles. The van der Waals surface area contributed by atoms with Gasteiger partial charge in [-0.2, -0.15) is 0 Å². The lowest BCUT2D eigenvalue weighted by atomic mass is 9.96. The number of anilines is 1. The van der Waals surface area contributed by atoms with Gasteiger partial charge in [0.2, 0.25) is 11.8 Å². The van der Waals surface area contributed by atoms with E-state index in [2.05, 4.69) is 15.6 Å². The summed E-state index contributed by atoms with van der Waals surface area (Å²) >= 11 is 1.61. The molecule has 3 rings (SSSR count). The molecule has 1 heterocycles. The van der Waals surface area contributed by atoms with Crippen LogP contribution in [0.25, 0.3) is 20.8 Å². The van der Waals surface area contributed by atoms with Crippen molar-refractivity contribution in [3.05, 3.63) is 48.5 Å².